The second-order valence-corrected chi connectivity index (χ2v) is 6.39. The summed E-state index contributed by atoms with van der Waals surface area (Å²) in [6.45, 7) is 9.90. The summed E-state index contributed by atoms with van der Waals surface area (Å²) < 4.78 is 5.27. The van der Waals surface area contributed by atoms with E-state index in [1.54, 1.807) is 20.8 Å². The molecule has 0 aromatic rings. The first-order valence-corrected chi connectivity index (χ1v) is 5.81. The average Bonchev–Trinajstić information content (AvgIpc) is 2.38. The summed E-state index contributed by atoms with van der Waals surface area (Å²) in [7, 11) is 0. The fourth-order valence-electron chi connectivity index (χ4n) is 2.04. The maximum Gasteiger partial charge on any atom is 0.410 e. The number of primary amides is 1. The first-order chi connectivity index (χ1) is 7.52. The Hall–Kier alpha value is -1.26. The van der Waals surface area contributed by atoms with Crippen LogP contribution in [0.1, 0.15) is 41.0 Å². The summed E-state index contributed by atoms with van der Waals surface area (Å²) in [5, 5.41) is 0. The predicted octanol–water partition coefficient (Wildman–Crippen LogP) is 1.51. The van der Waals surface area contributed by atoms with Crippen LogP contribution in [0.15, 0.2) is 0 Å². The third-order valence-corrected chi connectivity index (χ3v) is 2.68. The van der Waals surface area contributed by atoms with Gasteiger partial charge in [0.25, 0.3) is 0 Å². The Morgan fingerprint density at radius 1 is 1.35 bits per heavy atom. The predicted molar refractivity (Wildman–Crippen MR) is 64.3 cm³/mol. The fraction of sp³-hybridized carbons (Fsp3) is 0.833. The number of nitrogens with zero attached hydrogens (tertiary/aromatic N) is 1. The third-order valence-electron chi connectivity index (χ3n) is 2.68. The van der Waals surface area contributed by atoms with Crippen LogP contribution < -0.4 is 5.73 Å². The highest BCUT2D eigenvalue weighted by Crippen LogP contribution is 2.34. The maximum absolute atomic E-state index is 12.0. The van der Waals surface area contributed by atoms with Crippen LogP contribution in [-0.4, -0.2) is 35.1 Å². The topological polar surface area (TPSA) is 72.6 Å². The van der Waals surface area contributed by atoms with Gasteiger partial charge in [-0.1, -0.05) is 13.8 Å². The van der Waals surface area contributed by atoms with E-state index >= 15 is 0 Å². The highest BCUT2D eigenvalue weighted by molar-refractivity contribution is 5.85. The summed E-state index contributed by atoms with van der Waals surface area (Å²) in [5.41, 5.74) is 4.66. The molecule has 0 aromatic heterocycles. The van der Waals surface area contributed by atoms with E-state index in [0.717, 1.165) is 0 Å². The summed E-state index contributed by atoms with van der Waals surface area (Å²) in [5.74, 6) is -0.471. The molecule has 1 rings (SSSR count). The third kappa shape index (κ3) is 3.61. The van der Waals surface area contributed by atoms with Crippen LogP contribution in [0.3, 0.4) is 0 Å². The monoisotopic (exact) mass is 242 g/mol. The summed E-state index contributed by atoms with van der Waals surface area (Å²) >= 11 is 0. The van der Waals surface area contributed by atoms with E-state index in [4.69, 9.17) is 10.5 Å². The van der Waals surface area contributed by atoms with Gasteiger partial charge in [0.2, 0.25) is 5.91 Å². The second kappa shape index (κ2) is 4.20. The maximum atomic E-state index is 12.0. The largest absolute Gasteiger partial charge is 0.444 e. The molecule has 1 heterocycles. The zero-order chi connectivity index (χ0) is 13.4. The lowest BCUT2D eigenvalue weighted by Gasteiger charge is -2.27. The van der Waals surface area contributed by atoms with Crippen molar-refractivity contribution in [2.75, 3.05) is 6.54 Å². The minimum Gasteiger partial charge on any atom is -0.444 e. The molecule has 0 spiro atoms. The van der Waals surface area contributed by atoms with E-state index in [1.807, 2.05) is 13.8 Å². The van der Waals surface area contributed by atoms with E-state index in [1.165, 1.54) is 4.90 Å². The molecule has 0 radical (unpaired) electrons. The Morgan fingerprint density at radius 3 is 2.29 bits per heavy atom. The van der Waals surface area contributed by atoms with Crippen molar-refractivity contribution in [3.8, 4) is 0 Å². The zero-order valence-corrected chi connectivity index (χ0v) is 11.2. The average molecular weight is 242 g/mol. The molecule has 0 bridgehead atoms. The Balaban J connectivity index is 2.81. The normalized spacial score (nSPS) is 23.6. The van der Waals surface area contributed by atoms with E-state index in [-0.39, 0.29) is 5.41 Å². The summed E-state index contributed by atoms with van der Waals surface area (Å²) in [4.78, 5) is 24.7. The van der Waals surface area contributed by atoms with Crippen molar-refractivity contribution in [2.45, 2.75) is 52.7 Å². The van der Waals surface area contributed by atoms with Gasteiger partial charge in [0, 0.05) is 6.54 Å². The van der Waals surface area contributed by atoms with Crippen LogP contribution in [-0.2, 0) is 9.53 Å². The lowest BCUT2D eigenvalue weighted by atomic mass is 9.90. The highest BCUT2D eigenvalue weighted by atomic mass is 16.6. The van der Waals surface area contributed by atoms with Gasteiger partial charge < -0.3 is 10.5 Å². The Bertz CT molecular complexity index is 331. The number of likely N-dealkylation sites (tertiary alicyclic amines) is 1. The van der Waals surface area contributed by atoms with Gasteiger partial charge in [-0.3, -0.25) is 9.69 Å². The van der Waals surface area contributed by atoms with Crippen LogP contribution in [0.25, 0.3) is 0 Å². The lowest BCUT2D eigenvalue weighted by Crippen LogP contribution is -2.45. The van der Waals surface area contributed by atoms with Crippen LogP contribution in [0.2, 0.25) is 0 Å². The standard InChI is InChI=1S/C12H22N2O3/c1-11(2,3)17-10(16)14-7-12(4,5)6-8(14)9(13)15/h8H,6-7H2,1-5H3,(H2,13,15). The first kappa shape index (κ1) is 13.8. The number of carbonyl (C=O) groups excluding carboxylic acids is 2. The number of amides is 2. The molecule has 98 valence electrons. The van der Waals surface area contributed by atoms with Crippen molar-refractivity contribution in [1.82, 2.24) is 4.90 Å². The van der Waals surface area contributed by atoms with Gasteiger partial charge in [-0.2, -0.15) is 0 Å². The number of rotatable bonds is 1. The molecule has 1 fully saturated rings. The van der Waals surface area contributed by atoms with Crippen molar-refractivity contribution in [2.24, 2.45) is 11.1 Å². The fourth-order valence-corrected chi connectivity index (χ4v) is 2.04. The molecular formula is C12H22N2O3. The van der Waals surface area contributed by atoms with Crippen molar-refractivity contribution < 1.29 is 14.3 Å². The number of hydrogen-bond acceptors (Lipinski definition) is 3. The molecule has 17 heavy (non-hydrogen) atoms. The van der Waals surface area contributed by atoms with Crippen molar-refractivity contribution in [3.63, 3.8) is 0 Å². The van der Waals surface area contributed by atoms with Gasteiger partial charge in [-0.05, 0) is 32.6 Å². The van der Waals surface area contributed by atoms with E-state index in [2.05, 4.69) is 0 Å². The van der Waals surface area contributed by atoms with Crippen molar-refractivity contribution in [1.29, 1.82) is 0 Å². The van der Waals surface area contributed by atoms with Crippen LogP contribution >= 0.6 is 0 Å². The van der Waals surface area contributed by atoms with Crippen molar-refractivity contribution in [3.05, 3.63) is 0 Å². The quantitative estimate of drug-likeness (QED) is 0.757. The first-order valence-electron chi connectivity index (χ1n) is 5.81. The SMILES string of the molecule is CC1(C)CC(C(N)=O)N(C(=O)OC(C)(C)C)C1. The molecule has 5 nitrogen and oxygen atoms in total. The number of hydrogen-bond donors (Lipinski definition) is 1. The van der Waals surface area contributed by atoms with Crippen LogP contribution in [0.4, 0.5) is 4.79 Å². The van der Waals surface area contributed by atoms with Gasteiger partial charge in [0.05, 0.1) is 0 Å². The number of ether oxygens (including phenoxy) is 1. The second-order valence-electron chi connectivity index (χ2n) is 6.39. The Morgan fingerprint density at radius 2 is 1.88 bits per heavy atom. The van der Waals surface area contributed by atoms with Crippen molar-refractivity contribution >= 4 is 12.0 Å². The van der Waals surface area contributed by atoms with Gasteiger partial charge >= 0.3 is 6.09 Å². The minimum atomic E-state index is -0.563. The molecule has 1 aliphatic heterocycles. The Kier molecular flexibility index (Phi) is 3.41. The molecule has 1 saturated heterocycles. The summed E-state index contributed by atoms with van der Waals surface area (Å²) in [6, 6.07) is -0.556. The number of carbonyl (C=O) groups is 2. The molecule has 2 N–H and O–H groups in total. The number of nitrogens with two attached hydrogens (primary N) is 1. The van der Waals surface area contributed by atoms with Crippen LogP contribution in [0.5, 0.6) is 0 Å². The summed E-state index contributed by atoms with van der Waals surface area (Å²) in [6.07, 6.45) is 0.119. The molecule has 1 aliphatic rings. The zero-order valence-electron chi connectivity index (χ0n) is 11.2. The Labute approximate surface area is 102 Å². The van der Waals surface area contributed by atoms with E-state index in [9.17, 15) is 9.59 Å². The van der Waals surface area contributed by atoms with E-state index < -0.39 is 23.6 Å². The lowest BCUT2D eigenvalue weighted by molar-refractivity contribution is -0.122. The molecule has 0 aromatic carbocycles. The smallest absolute Gasteiger partial charge is 0.410 e. The van der Waals surface area contributed by atoms with Gasteiger partial charge in [0.1, 0.15) is 11.6 Å². The molecule has 0 saturated carbocycles. The highest BCUT2D eigenvalue weighted by Gasteiger charge is 2.44. The molecule has 1 unspecified atom stereocenters. The molecule has 1 atom stereocenters. The van der Waals surface area contributed by atoms with Gasteiger partial charge in [-0.15, -0.1) is 0 Å². The molecule has 5 heteroatoms. The van der Waals surface area contributed by atoms with Gasteiger partial charge in [0.15, 0.2) is 0 Å². The van der Waals surface area contributed by atoms with Gasteiger partial charge in [-0.25, -0.2) is 4.79 Å². The molecule has 0 aliphatic carbocycles. The van der Waals surface area contributed by atoms with E-state index in [0.29, 0.717) is 13.0 Å². The van der Waals surface area contributed by atoms with Crippen LogP contribution in [0, 0.1) is 5.41 Å². The molecular weight excluding hydrogens is 220 g/mol. The molecule has 2 amide bonds. The minimum absolute atomic E-state index is 0.101.